The minimum Gasteiger partial charge on any atom is -0.312 e. The number of nitrogens with zero attached hydrogens (tertiary/aromatic N) is 2. The Kier molecular flexibility index (Phi) is 4.73. The van der Waals surface area contributed by atoms with Crippen molar-refractivity contribution in [1.29, 1.82) is 0 Å². The number of rotatable bonds is 4. The number of likely N-dealkylation sites (N-methyl/N-ethyl adjacent to an activating group) is 1. The van der Waals surface area contributed by atoms with Gasteiger partial charge in [0.2, 0.25) is 0 Å². The zero-order chi connectivity index (χ0) is 14.8. The van der Waals surface area contributed by atoms with Crippen LogP contribution in [0.2, 0.25) is 0 Å². The van der Waals surface area contributed by atoms with Gasteiger partial charge in [-0.1, -0.05) is 20.3 Å². The SMILES string of the molecule is CCNC1CCC(CC)CC1n1cc(C(F)(F)F)cn1. The molecule has 1 heterocycles. The molecule has 2 rings (SSSR count). The minimum absolute atomic E-state index is 0.0183. The predicted octanol–water partition coefficient (Wildman–Crippen LogP) is 3.63. The van der Waals surface area contributed by atoms with Crippen molar-refractivity contribution < 1.29 is 13.2 Å². The van der Waals surface area contributed by atoms with E-state index in [1.54, 1.807) is 0 Å². The Hall–Kier alpha value is -1.04. The molecule has 0 spiro atoms. The van der Waals surface area contributed by atoms with Gasteiger partial charge in [0.25, 0.3) is 0 Å². The normalized spacial score (nSPS) is 27.8. The third kappa shape index (κ3) is 3.34. The van der Waals surface area contributed by atoms with Gasteiger partial charge in [0, 0.05) is 12.2 Å². The Morgan fingerprint density at radius 1 is 1.35 bits per heavy atom. The number of aromatic nitrogens is 2. The van der Waals surface area contributed by atoms with Gasteiger partial charge in [-0.3, -0.25) is 4.68 Å². The summed E-state index contributed by atoms with van der Waals surface area (Å²) in [5.41, 5.74) is -0.661. The van der Waals surface area contributed by atoms with E-state index in [1.165, 1.54) is 4.68 Å². The average molecular weight is 289 g/mol. The molecule has 1 saturated carbocycles. The standard InChI is InChI=1S/C14H22F3N3/c1-3-10-5-6-12(18-4-2)13(7-10)20-9-11(8-19-20)14(15,16)17/h8-10,12-13,18H,3-7H2,1-2H3. The lowest BCUT2D eigenvalue weighted by Gasteiger charge is -2.36. The molecule has 20 heavy (non-hydrogen) atoms. The van der Waals surface area contributed by atoms with Crippen molar-refractivity contribution in [3.05, 3.63) is 18.0 Å². The first-order chi connectivity index (χ1) is 9.45. The Labute approximate surface area is 117 Å². The second-order valence-corrected chi connectivity index (χ2v) is 5.53. The molecule has 1 aliphatic rings. The highest BCUT2D eigenvalue weighted by Crippen LogP contribution is 2.36. The molecule has 0 aliphatic heterocycles. The Morgan fingerprint density at radius 2 is 2.10 bits per heavy atom. The van der Waals surface area contributed by atoms with Crippen LogP contribution >= 0.6 is 0 Å². The summed E-state index contributed by atoms with van der Waals surface area (Å²) in [6.07, 6.45) is 1.86. The molecule has 1 N–H and O–H groups in total. The van der Waals surface area contributed by atoms with E-state index in [2.05, 4.69) is 17.3 Å². The summed E-state index contributed by atoms with van der Waals surface area (Å²) >= 11 is 0. The number of alkyl halides is 3. The molecule has 1 aromatic heterocycles. The first-order valence-corrected chi connectivity index (χ1v) is 7.30. The van der Waals surface area contributed by atoms with E-state index in [0.717, 1.165) is 44.6 Å². The lowest BCUT2D eigenvalue weighted by molar-refractivity contribution is -0.137. The van der Waals surface area contributed by atoms with Crippen molar-refractivity contribution in [3.8, 4) is 0 Å². The van der Waals surface area contributed by atoms with Gasteiger partial charge in [-0.05, 0) is 31.7 Å². The van der Waals surface area contributed by atoms with Crippen LogP contribution in [0.4, 0.5) is 13.2 Å². The average Bonchev–Trinajstić information content (AvgIpc) is 2.89. The van der Waals surface area contributed by atoms with Crippen LogP contribution in [0, 0.1) is 5.92 Å². The molecule has 3 atom stereocenters. The van der Waals surface area contributed by atoms with Crippen molar-refractivity contribution in [2.45, 2.75) is 57.8 Å². The van der Waals surface area contributed by atoms with E-state index in [0.29, 0.717) is 5.92 Å². The minimum atomic E-state index is -4.31. The van der Waals surface area contributed by atoms with E-state index in [9.17, 15) is 13.2 Å². The van der Waals surface area contributed by atoms with Crippen LogP contribution in [-0.2, 0) is 6.18 Å². The molecule has 1 fully saturated rings. The molecular formula is C14H22F3N3. The summed E-state index contributed by atoms with van der Waals surface area (Å²) in [6.45, 7) is 4.98. The Balaban J connectivity index is 2.19. The molecule has 0 bridgehead atoms. The summed E-state index contributed by atoms with van der Waals surface area (Å²) in [7, 11) is 0. The fraction of sp³-hybridized carbons (Fsp3) is 0.786. The lowest BCUT2D eigenvalue weighted by Crippen LogP contribution is -2.42. The van der Waals surface area contributed by atoms with Crippen LogP contribution in [0.1, 0.15) is 51.1 Å². The second-order valence-electron chi connectivity index (χ2n) is 5.53. The summed E-state index contributed by atoms with van der Waals surface area (Å²) < 4.78 is 39.6. The van der Waals surface area contributed by atoms with Gasteiger partial charge < -0.3 is 5.32 Å². The highest BCUT2D eigenvalue weighted by atomic mass is 19.4. The third-order valence-corrected chi connectivity index (χ3v) is 4.24. The number of hydrogen-bond donors (Lipinski definition) is 1. The molecule has 1 aliphatic carbocycles. The Bertz CT molecular complexity index is 428. The molecule has 0 saturated heterocycles. The zero-order valence-electron chi connectivity index (χ0n) is 12.0. The van der Waals surface area contributed by atoms with E-state index in [1.807, 2.05) is 6.92 Å². The van der Waals surface area contributed by atoms with Crippen molar-refractivity contribution >= 4 is 0 Å². The summed E-state index contributed by atoms with van der Waals surface area (Å²) in [4.78, 5) is 0. The first kappa shape index (κ1) is 15.4. The summed E-state index contributed by atoms with van der Waals surface area (Å²) in [5.74, 6) is 0.577. The predicted molar refractivity (Wildman–Crippen MR) is 71.4 cm³/mol. The van der Waals surface area contributed by atoms with Crippen molar-refractivity contribution in [3.63, 3.8) is 0 Å². The number of halogens is 3. The smallest absolute Gasteiger partial charge is 0.312 e. The highest BCUT2D eigenvalue weighted by molar-refractivity contribution is 5.09. The van der Waals surface area contributed by atoms with Gasteiger partial charge in [0.1, 0.15) is 0 Å². The highest BCUT2D eigenvalue weighted by Gasteiger charge is 2.35. The molecular weight excluding hydrogens is 267 g/mol. The quantitative estimate of drug-likeness (QED) is 0.917. The van der Waals surface area contributed by atoms with Gasteiger partial charge in [-0.2, -0.15) is 18.3 Å². The van der Waals surface area contributed by atoms with Gasteiger partial charge in [-0.25, -0.2) is 0 Å². The van der Waals surface area contributed by atoms with Gasteiger partial charge >= 0.3 is 6.18 Å². The van der Waals surface area contributed by atoms with Gasteiger partial charge in [-0.15, -0.1) is 0 Å². The van der Waals surface area contributed by atoms with Crippen molar-refractivity contribution in [2.75, 3.05) is 6.54 Å². The molecule has 3 unspecified atom stereocenters. The maximum Gasteiger partial charge on any atom is 0.419 e. The largest absolute Gasteiger partial charge is 0.419 e. The molecule has 3 nitrogen and oxygen atoms in total. The van der Waals surface area contributed by atoms with Crippen LogP contribution in [-0.4, -0.2) is 22.4 Å². The zero-order valence-corrected chi connectivity index (χ0v) is 12.0. The fourth-order valence-corrected chi connectivity index (χ4v) is 3.06. The molecule has 0 aromatic carbocycles. The molecule has 6 heteroatoms. The van der Waals surface area contributed by atoms with Crippen LogP contribution in [0.3, 0.4) is 0 Å². The molecule has 114 valence electrons. The van der Waals surface area contributed by atoms with Crippen LogP contribution in [0.25, 0.3) is 0 Å². The monoisotopic (exact) mass is 289 g/mol. The van der Waals surface area contributed by atoms with Crippen LogP contribution in [0.15, 0.2) is 12.4 Å². The third-order valence-electron chi connectivity index (χ3n) is 4.24. The molecule has 0 radical (unpaired) electrons. The van der Waals surface area contributed by atoms with E-state index >= 15 is 0 Å². The summed E-state index contributed by atoms with van der Waals surface area (Å²) in [5, 5.41) is 7.35. The molecule has 1 aromatic rings. The van der Waals surface area contributed by atoms with Crippen LogP contribution < -0.4 is 5.32 Å². The van der Waals surface area contributed by atoms with Gasteiger partial charge in [0.05, 0.1) is 17.8 Å². The van der Waals surface area contributed by atoms with E-state index in [4.69, 9.17) is 0 Å². The lowest BCUT2D eigenvalue weighted by atomic mass is 9.81. The van der Waals surface area contributed by atoms with Crippen molar-refractivity contribution in [2.24, 2.45) is 5.92 Å². The van der Waals surface area contributed by atoms with E-state index in [-0.39, 0.29) is 12.1 Å². The summed E-state index contributed by atoms with van der Waals surface area (Å²) in [6, 6.07) is 0.230. The maximum absolute atomic E-state index is 12.7. The number of hydrogen-bond acceptors (Lipinski definition) is 2. The van der Waals surface area contributed by atoms with Gasteiger partial charge in [0.15, 0.2) is 0 Å². The van der Waals surface area contributed by atoms with E-state index < -0.39 is 11.7 Å². The second kappa shape index (κ2) is 6.16. The first-order valence-electron chi connectivity index (χ1n) is 7.30. The van der Waals surface area contributed by atoms with Crippen LogP contribution in [0.5, 0.6) is 0 Å². The van der Waals surface area contributed by atoms with Crippen molar-refractivity contribution in [1.82, 2.24) is 15.1 Å². The maximum atomic E-state index is 12.7. The number of nitrogens with one attached hydrogen (secondary N) is 1. The molecule has 0 amide bonds. The fourth-order valence-electron chi connectivity index (χ4n) is 3.06. The Morgan fingerprint density at radius 3 is 2.65 bits per heavy atom. The topological polar surface area (TPSA) is 29.9 Å².